The van der Waals surface area contributed by atoms with Gasteiger partial charge in [-0.15, -0.1) is 11.3 Å². The van der Waals surface area contributed by atoms with E-state index in [-0.39, 0.29) is 17.0 Å². The second-order valence-electron chi connectivity index (χ2n) is 6.74. The number of anilines is 1. The van der Waals surface area contributed by atoms with Gasteiger partial charge in [0, 0.05) is 23.3 Å². The largest absolute Gasteiger partial charge is 0.455 e. The van der Waals surface area contributed by atoms with Crippen molar-refractivity contribution in [3.63, 3.8) is 0 Å². The van der Waals surface area contributed by atoms with Crippen molar-refractivity contribution in [3.8, 4) is 11.5 Å². The van der Waals surface area contributed by atoms with E-state index in [0.29, 0.717) is 22.4 Å². The maximum atomic E-state index is 13.8. The highest BCUT2D eigenvalue weighted by molar-refractivity contribution is 7.17. The minimum Gasteiger partial charge on any atom is -0.334 e. The maximum absolute atomic E-state index is 13.8. The number of hydrogen-bond donors (Lipinski definition) is 1. The zero-order valence-corrected chi connectivity index (χ0v) is 15.1. The Labute approximate surface area is 159 Å². The fourth-order valence-corrected chi connectivity index (χ4v) is 4.68. The average molecular weight is 419 g/mol. The molecule has 0 saturated heterocycles. The van der Waals surface area contributed by atoms with Crippen LogP contribution < -0.4 is 5.32 Å². The molecule has 0 aliphatic heterocycles. The molecule has 1 N–H and O–H groups in total. The van der Waals surface area contributed by atoms with Gasteiger partial charge in [-0.25, -0.2) is 8.78 Å². The smallest absolute Gasteiger partial charge is 0.334 e. The molecule has 1 amide bonds. The molecule has 2 heterocycles. The van der Waals surface area contributed by atoms with E-state index in [1.54, 1.807) is 6.08 Å². The van der Waals surface area contributed by atoms with Crippen LogP contribution in [0.2, 0.25) is 0 Å². The molecular weight excluding hydrogens is 405 g/mol. The monoisotopic (exact) mass is 419 g/mol. The Morgan fingerprint density at radius 3 is 2.71 bits per heavy atom. The van der Waals surface area contributed by atoms with Crippen molar-refractivity contribution < 1.29 is 31.3 Å². The Kier molecular flexibility index (Phi) is 4.52. The number of hydrogen-bond acceptors (Lipinski definition) is 5. The second-order valence-corrected chi connectivity index (χ2v) is 7.84. The van der Waals surface area contributed by atoms with Gasteiger partial charge in [0.1, 0.15) is 5.00 Å². The zero-order valence-electron chi connectivity index (χ0n) is 14.3. The van der Waals surface area contributed by atoms with Crippen LogP contribution >= 0.6 is 11.3 Å². The molecule has 2 aromatic rings. The van der Waals surface area contributed by atoms with Crippen LogP contribution in [0, 0.1) is 0 Å². The van der Waals surface area contributed by atoms with E-state index in [2.05, 4.69) is 15.5 Å². The molecule has 0 atom stereocenters. The molecule has 2 aromatic heterocycles. The number of rotatable bonds is 3. The molecule has 0 aromatic carbocycles. The molecule has 0 fully saturated rings. The van der Waals surface area contributed by atoms with Crippen LogP contribution in [-0.4, -0.2) is 22.0 Å². The molecule has 150 valence electrons. The third-order valence-corrected chi connectivity index (χ3v) is 5.85. The lowest BCUT2D eigenvalue weighted by molar-refractivity contribution is -0.146. The fourth-order valence-electron chi connectivity index (χ4n) is 3.37. The number of thiophene rings is 1. The van der Waals surface area contributed by atoms with Crippen LogP contribution in [0.25, 0.3) is 11.5 Å². The number of aromatic nitrogens is 2. The van der Waals surface area contributed by atoms with Crippen LogP contribution in [0.5, 0.6) is 0 Å². The van der Waals surface area contributed by atoms with E-state index in [0.717, 1.165) is 24.2 Å². The summed E-state index contributed by atoms with van der Waals surface area (Å²) in [5, 5.41) is 5.73. The molecular formula is C17H14F5N3O2S. The summed E-state index contributed by atoms with van der Waals surface area (Å²) in [6.45, 7) is 0. The van der Waals surface area contributed by atoms with E-state index < -0.39 is 42.6 Å². The van der Waals surface area contributed by atoms with Crippen molar-refractivity contribution in [3.05, 3.63) is 27.9 Å². The molecule has 0 spiro atoms. The van der Waals surface area contributed by atoms with Gasteiger partial charge in [-0.3, -0.25) is 4.79 Å². The van der Waals surface area contributed by atoms with Gasteiger partial charge in [0.05, 0.1) is 5.56 Å². The molecule has 2 aliphatic rings. The number of nitrogens with one attached hydrogen (secondary N) is 1. The lowest BCUT2D eigenvalue weighted by Gasteiger charge is -2.21. The molecule has 2 aliphatic carbocycles. The van der Waals surface area contributed by atoms with Gasteiger partial charge in [-0.05, 0) is 31.2 Å². The summed E-state index contributed by atoms with van der Waals surface area (Å²) in [6.07, 6.45) is -1.88. The Balaban J connectivity index is 1.75. The van der Waals surface area contributed by atoms with Crippen molar-refractivity contribution >= 4 is 22.2 Å². The highest BCUT2D eigenvalue weighted by Crippen LogP contribution is 2.47. The van der Waals surface area contributed by atoms with Crippen LogP contribution in [0.1, 0.15) is 41.9 Å². The standard InChI is InChI=1S/C17H14F5N3O2S/c18-16(19)6-5-9-10(7-16)28-14(23-12(26)8-3-1-2-4-8)11(9)13-24-15(25-27-13)17(20,21)22/h3H,1-2,4-7H2,(H,23,26). The van der Waals surface area contributed by atoms with E-state index in [4.69, 9.17) is 4.52 Å². The summed E-state index contributed by atoms with van der Waals surface area (Å²) in [7, 11) is 0. The number of carbonyl (C=O) groups is 1. The SMILES string of the molecule is O=C(Nc1sc2c(c1-c1nc(C(F)(F)F)no1)CCC(F)(F)C2)C1=CCCC1. The summed E-state index contributed by atoms with van der Waals surface area (Å²) in [5.74, 6) is -5.21. The van der Waals surface area contributed by atoms with Crippen molar-refractivity contribution in [2.75, 3.05) is 5.32 Å². The van der Waals surface area contributed by atoms with Crippen molar-refractivity contribution in [1.82, 2.24) is 10.1 Å². The van der Waals surface area contributed by atoms with E-state index in [1.807, 2.05) is 0 Å². The third-order valence-electron chi connectivity index (χ3n) is 4.70. The minimum atomic E-state index is -4.80. The summed E-state index contributed by atoms with van der Waals surface area (Å²) in [4.78, 5) is 16.1. The van der Waals surface area contributed by atoms with Gasteiger partial charge in [0.2, 0.25) is 0 Å². The summed E-state index contributed by atoms with van der Waals surface area (Å²) < 4.78 is 70.9. The van der Waals surface area contributed by atoms with Crippen LogP contribution in [-0.2, 0) is 23.8 Å². The Hall–Kier alpha value is -2.30. The van der Waals surface area contributed by atoms with Gasteiger partial charge in [0.15, 0.2) is 0 Å². The van der Waals surface area contributed by atoms with E-state index in [1.165, 1.54) is 0 Å². The number of nitrogens with zero attached hydrogens (tertiary/aromatic N) is 2. The lowest BCUT2D eigenvalue weighted by Crippen LogP contribution is -2.24. The fraction of sp³-hybridized carbons (Fsp3) is 0.471. The first kappa shape index (κ1) is 19.0. The molecule has 0 saturated carbocycles. The molecule has 0 bridgehead atoms. The average Bonchev–Trinajstić information content (AvgIpc) is 3.32. The number of carbonyl (C=O) groups excluding carboxylic acids is 1. The lowest BCUT2D eigenvalue weighted by atomic mass is 9.92. The first-order chi connectivity index (χ1) is 13.1. The predicted octanol–water partition coefficient (Wildman–Crippen LogP) is 4.99. The minimum absolute atomic E-state index is 0.0591. The van der Waals surface area contributed by atoms with Crippen molar-refractivity contribution in [2.45, 2.75) is 50.6 Å². The second kappa shape index (κ2) is 6.64. The Bertz CT molecular complexity index is 961. The number of halogens is 5. The summed E-state index contributed by atoms with van der Waals surface area (Å²) in [6, 6.07) is 0. The van der Waals surface area contributed by atoms with Crippen LogP contribution in [0.3, 0.4) is 0 Å². The Morgan fingerprint density at radius 1 is 1.29 bits per heavy atom. The predicted molar refractivity (Wildman–Crippen MR) is 90.1 cm³/mol. The molecule has 28 heavy (non-hydrogen) atoms. The quantitative estimate of drug-likeness (QED) is 0.712. The van der Waals surface area contributed by atoms with Gasteiger partial charge < -0.3 is 9.84 Å². The molecule has 5 nitrogen and oxygen atoms in total. The third kappa shape index (κ3) is 3.54. The summed E-state index contributed by atoms with van der Waals surface area (Å²) >= 11 is 0.915. The topological polar surface area (TPSA) is 68.0 Å². The normalized spacial score (nSPS) is 18.7. The highest BCUT2D eigenvalue weighted by Gasteiger charge is 2.41. The maximum Gasteiger partial charge on any atom is 0.455 e. The van der Waals surface area contributed by atoms with Gasteiger partial charge in [-0.1, -0.05) is 11.2 Å². The van der Waals surface area contributed by atoms with Gasteiger partial charge >= 0.3 is 6.18 Å². The Morgan fingerprint density at radius 2 is 2.07 bits per heavy atom. The first-order valence-electron chi connectivity index (χ1n) is 8.58. The molecule has 11 heteroatoms. The molecule has 0 radical (unpaired) electrons. The van der Waals surface area contributed by atoms with Crippen LogP contribution in [0.15, 0.2) is 16.2 Å². The first-order valence-corrected chi connectivity index (χ1v) is 9.40. The van der Waals surface area contributed by atoms with Crippen LogP contribution in [0.4, 0.5) is 27.0 Å². The van der Waals surface area contributed by atoms with Crippen molar-refractivity contribution in [2.24, 2.45) is 0 Å². The number of amides is 1. The zero-order chi connectivity index (χ0) is 20.1. The van der Waals surface area contributed by atoms with E-state index in [9.17, 15) is 26.7 Å². The summed E-state index contributed by atoms with van der Waals surface area (Å²) in [5.41, 5.74) is 1.08. The highest BCUT2D eigenvalue weighted by atomic mass is 32.1. The number of alkyl halides is 5. The van der Waals surface area contributed by atoms with Crippen molar-refractivity contribution in [1.29, 1.82) is 0 Å². The van der Waals surface area contributed by atoms with E-state index >= 15 is 0 Å². The number of allylic oxidation sites excluding steroid dienone is 1. The number of fused-ring (bicyclic) bond motifs is 1. The molecule has 0 unspecified atom stereocenters. The van der Waals surface area contributed by atoms with Gasteiger partial charge in [0.25, 0.3) is 23.5 Å². The van der Waals surface area contributed by atoms with Gasteiger partial charge in [-0.2, -0.15) is 18.2 Å². The molecule has 4 rings (SSSR count).